The number of nitrogens with zero attached hydrogens (tertiary/aromatic N) is 2. The lowest BCUT2D eigenvalue weighted by Gasteiger charge is -2.25. The second kappa shape index (κ2) is 11.6. The number of aromatic nitrogens is 2. The van der Waals surface area contributed by atoms with Gasteiger partial charge in [0, 0.05) is 37.8 Å². The minimum Gasteiger partial charge on any atom is -0.309 e. The first kappa shape index (κ1) is 31.2. The fraction of sp³-hybridized carbons (Fsp3) is 0.115. The summed E-state index contributed by atoms with van der Waals surface area (Å²) in [6.07, 6.45) is 6.02. The maximum absolute atomic E-state index is 2.56. The van der Waals surface area contributed by atoms with Crippen molar-refractivity contribution in [3.05, 3.63) is 179 Å². The lowest BCUT2D eigenvalue weighted by Crippen LogP contribution is -2.32. The Kier molecular flexibility index (Phi) is 6.67. The summed E-state index contributed by atoms with van der Waals surface area (Å²) < 4.78 is 4.98. The molecule has 0 saturated carbocycles. The van der Waals surface area contributed by atoms with Crippen LogP contribution in [0.5, 0.6) is 0 Å². The van der Waals surface area contributed by atoms with E-state index in [0.29, 0.717) is 5.92 Å². The van der Waals surface area contributed by atoms with E-state index in [4.69, 9.17) is 0 Å². The first-order valence-electron chi connectivity index (χ1n) is 19.3. The van der Waals surface area contributed by atoms with E-state index in [1.807, 2.05) is 0 Å². The second-order valence-electron chi connectivity index (χ2n) is 15.8. The minimum absolute atomic E-state index is 0.102. The number of para-hydroxylation sites is 1. The van der Waals surface area contributed by atoms with Crippen LogP contribution in [0.4, 0.5) is 0 Å². The van der Waals surface area contributed by atoms with Gasteiger partial charge in [-0.05, 0) is 105 Å². The molecule has 2 aromatic heterocycles. The minimum atomic E-state index is -0.102. The molecule has 0 saturated heterocycles. The molecule has 0 bridgehead atoms. The third kappa shape index (κ3) is 4.47. The molecule has 0 radical (unpaired) electrons. The van der Waals surface area contributed by atoms with Gasteiger partial charge in [0.2, 0.25) is 0 Å². The molecule has 0 fully saturated rings. The summed E-state index contributed by atoms with van der Waals surface area (Å²) in [5.41, 5.74) is 16.5. The summed E-state index contributed by atoms with van der Waals surface area (Å²) in [6, 6.07) is 58.4. The summed E-state index contributed by atoms with van der Waals surface area (Å²) >= 11 is 0. The molecule has 2 heterocycles. The van der Waals surface area contributed by atoms with E-state index < -0.39 is 0 Å². The van der Waals surface area contributed by atoms with Crippen LogP contribution in [0.15, 0.2) is 158 Å². The monoisotopic (exact) mass is 692 g/mol. The van der Waals surface area contributed by atoms with Crippen LogP contribution in [0.3, 0.4) is 0 Å². The molecule has 2 heteroatoms. The van der Waals surface area contributed by atoms with Gasteiger partial charge in [0.15, 0.2) is 0 Å². The Hall–Kier alpha value is -6.38. The van der Waals surface area contributed by atoms with Gasteiger partial charge in [-0.25, -0.2) is 0 Å². The Labute approximate surface area is 315 Å². The molecule has 2 aliphatic rings. The van der Waals surface area contributed by atoms with Crippen LogP contribution in [0, 0.1) is 5.92 Å². The molecule has 258 valence electrons. The first-order chi connectivity index (χ1) is 26.5. The third-order valence-corrected chi connectivity index (χ3v) is 12.2. The first-order valence-corrected chi connectivity index (χ1v) is 19.3. The molecule has 1 atom stereocenters. The zero-order valence-corrected chi connectivity index (χ0v) is 30.8. The van der Waals surface area contributed by atoms with Gasteiger partial charge in [-0.15, -0.1) is 0 Å². The topological polar surface area (TPSA) is 9.86 Å². The highest BCUT2D eigenvalue weighted by molar-refractivity contribution is 6.10. The van der Waals surface area contributed by atoms with Crippen molar-refractivity contribution in [2.24, 2.45) is 5.92 Å². The summed E-state index contributed by atoms with van der Waals surface area (Å²) in [7, 11) is 0. The van der Waals surface area contributed by atoms with E-state index in [0.717, 1.165) is 6.42 Å². The van der Waals surface area contributed by atoms with Gasteiger partial charge in [0.25, 0.3) is 0 Å². The maximum atomic E-state index is 2.56. The van der Waals surface area contributed by atoms with Gasteiger partial charge in [0.1, 0.15) is 0 Å². The number of hydrogen-bond donors (Lipinski definition) is 0. The summed E-state index contributed by atoms with van der Waals surface area (Å²) in [5, 5.41) is 6.52. The van der Waals surface area contributed by atoms with Crippen molar-refractivity contribution < 1.29 is 0 Å². The smallest absolute Gasteiger partial charge is 0.0541 e. The molecule has 0 spiro atoms. The Bertz CT molecular complexity index is 3120. The van der Waals surface area contributed by atoms with Crippen LogP contribution in [0.2, 0.25) is 0 Å². The number of hydrogen-bond acceptors (Lipinski definition) is 0. The van der Waals surface area contributed by atoms with E-state index in [9.17, 15) is 0 Å². The van der Waals surface area contributed by atoms with Gasteiger partial charge in [-0.3, -0.25) is 0 Å². The van der Waals surface area contributed by atoms with Gasteiger partial charge >= 0.3 is 0 Å². The van der Waals surface area contributed by atoms with E-state index in [2.05, 4.69) is 200 Å². The summed E-state index contributed by atoms with van der Waals surface area (Å²) in [4.78, 5) is 0. The average Bonchev–Trinajstić information content (AvgIpc) is 3.80. The van der Waals surface area contributed by atoms with Crippen LogP contribution >= 0.6 is 0 Å². The molecule has 54 heavy (non-hydrogen) atoms. The second-order valence-corrected chi connectivity index (χ2v) is 15.8. The fourth-order valence-corrected chi connectivity index (χ4v) is 9.69. The van der Waals surface area contributed by atoms with Gasteiger partial charge < -0.3 is 9.13 Å². The summed E-state index contributed by atoms with van der Waals surface area (Å²) in [6.45, 7) is 7.12. The lowest BCUT2D eigenvalue weighted by molar-refractivity contribution is 0.655. The van der Waals surface area contributed by atoms with Crippen LogP contribution in [0.25, 0.3) is 89.6 Å². The van der Waals surface area contributed by atoms with Gasteiger partial charge in [-0.1, -0.05) is 142 Å². The number of benzene rings is 7. The van der Waals surface area contributed by atoms with Crippen molar-refractivity contribution in [1.82, 2.24) is 9.13 Å². The van der Waals surface area contributed by atoms with E-state index in [-0.39, 0.29) is 5.41 Å². The van der Waals surface area contributed by atoms with E-state index >= 15 is 0 Å². The highest BCUT2D eigenvalue weighted by Gasteiger charge is 2.38. The van der Waals surface area contributed by atoms with Crippen LogP contribution < -0.4 is 10.6 Å². The highest BCUT2D eigenvalue weighted by atomic mass is 15.0. The van der Waals surface area contributed by atoms with Crippen LogP contribution in [0.1, 0.15) is 38.3 Å². The molecular formula is C52H40N2. The zero-order chi connectivity index (χ0) is 36.1. The van der Waals surface area contributed by atoms with E-state index in [1.54, 1.807) is 0 Å². The van der Waals surface area contributed by atoms with Crippen molar-refractivity contribution >= 4 is 44.9 Å². The van der Waals surface area contributed by atoms with Crippen molar-refractivity contribution in [2.75, 3.05) is 0 Å². The predicted octanol–water partition coefficient (Wildman–Crippen LogP) is 12.0. The summed E-state index contributed by atoms with van der Waals surface area (Å²) in [5.74, 6) is 0.491. The molecule has 11 rings (SSSR count). The highest BCUT2D eigenvalue weighted by Crippen LogP contribution is 2.51. The quantitative estimate of drug-likeness (QED) is 0.174. The van der Waals surface area contributed by atoms with E-state index in [1.165, 1.54) is 99.2 Å². The average molecular weight is 693 g/mol. The van der Waals surface area contributed by atoms with Crippen molar-refractivity contribution in [2.45, 2.75) is 32.6 Å². The zero-order valence-electron chi connectivity index (χ0n) is 30.8. The van der Waals surface area contributed by atoms with Gasteiger partial charge in [0.05, 0.1) is 22.2 Å². The number of fused-ring (bicyclic) bond motifs is 9. The van der Waals surface area contributed by atoms with Crippen LogP contribution in [-0.4, -0.2) is 9.13 Å². The molecule has 2 aliphatic carbocycles. The third-order valence-electron chi connectivity index (χ3n) is 12.2. The van der Waals surface area contributed by atoms with Crippen molar-refractivity contribution in [1.29, 1.82) is 0 Å². The molecular weight excluding hydrogens is 653 g/mol. The fourth-order valence-electron chi connectivity index (χ4n) is 9.69. The normalized spacial score (nSPS) is 15.5. The Morgan fingerprint density at radius 2 is 1.17 bits per heavy atom. The Morgan fingerprint density at radius 3 is 2.02 bits per heavy atom. The Balaban J connectivity index is 1.09. The molecule has 0 aliphatic heterocycles. The molecule has 9 aromatic rings. The SMILES string of the molecule is CC1C=c2c(n(-c3cccc4c3C(C)(C)c3ccccc3-4)c3ccc(-c4ccc5c(c4)c4ccccc4n5-c4cccc(-c5ccccc5)c4)cc23)=CC1. The van der Waals surface area contributed by atoms with Gasteiger partial charge in [-0.2, -0.15) is 0 Å². The predicted molar refractivity (Wildman–Crippen MR) is 228 cm³/mol. The largest absolute Gasteiger partial charge is 0.309 e. The van der Waals surface area contributed by atoms with Crippen molar-refractivity contribution in [3.8, 4) is 44.8 Å². The number of rotatable bonds is 4. The molecule has 1 unspecified atom stereocenters. The lowest BCUT2D eigenvalue weighted by atomic mass is 9.81. The Morgan fingerprint density at radius 1 is 0.519 bits per heavy atom. The molecule has 7 aromatic carbocycles. The molecule has 2 nitrogen and oxygen atoms in total. The standard InChI is InChI=1S/C52H40N2/c1-33-23-26-48-42(29-33)44-32-37(25-28-49(44)54(48)50-22-12-19-41-39-17-7-9-20-45(39)52(2,3)51(41)50)36-24-27-47-43(31-36)40-18-8-10-21-46(40)53(47)38-16-11-15-35(30-38)34-13-5-4-6-14-34/h4-22,24-33H,23H2,1-3H3. The van der Waals surface area contributed by atoms with Crippen molar-refractivity contribution in [3.63, 3.8) is 0 Å². The maximum Gasteiger partial charge on any atom is 0.0541 e. The van der Waals surface area contributed by atoms with Crippen LogP contribution in [-0.2, 0) is 5.41 Å². The molecule has 0 N–H and O–H groups in total. The molecule has 0 amide bonds.